The molecule has 4 aromatic rings. The normalized spacial score (nSPS) is 14.5. The van der Waals surface area contributed by atoms with Gasteiger partial charge in [0.1, 0.15) is 29.5 Å². The van der Waals surface area contributed by atoms with Crippen molar-refractivity contribution < 1.29 is 32.2 Å². The molecule has 1 aliphatic heterocycles. The molecule has 5 rings (SSSR count). The van der Waals surface area contributed by atoms with E-state index >= 15 is 0 Å². The number of likely N-dealkylation sites (tertiary alicyclic amines) is 1. The van der Waals surface area contributed by atoms with Crippen LogP contribution in [0.15, 0.2) is 54.6 Å². The number of ether oxygens (including phenoxy) is 3. The topological polar surface area (TPSA) is 65.8 Å². The van der Waals surface area contributed by atoms with Crippen molar-refractivity contribution in [2.45, 2.75) is 38.5 Å². The van der Waals surface area contributed by atoms with Gasteiger partial charge in [-0.25, -0.2) is 14.2 Å². The minimum absolute atomic E-state index is 0.105. The molecule has 0 spiro atoms. The van der Waals surface area contributed by atoms with Gasteiger partial charge in [0.05, 0.1) is 24.7 Å². The van der Waals surface area contributed by atoms with Gasteiger partial charge >= 0.3 is 12.6 Å². The van der Waals surface area contributed by atoms with E-state index in [1.165, 1.54) is 19.2 Å². The van der Waals surface area contributed by atoms with Gasteiger partial charge < -0.3 is 18.8 Å². The number of benzene rings is 3. The van der Waals surface area contributed by atoms with Crippen molar-refractivity contribution in [3.63, 3.8) is 0 Å². The minimum atomic E-state index is -3.06. The van der Waals surface area contributed by atoms with Gasteiger partial charge in [-0.15, -0.1) is 0 Å². The van der Waals surface area contributed by atoms with Gasteiger partial charge in [-0.1, -0.05) is 29.8 Å². The summed E-state index contributed by atoms with van der Waals surface area (Å²) in [5.74, 6) is 0.456. The quantitative estimate of drug-likeness (QED) is 0.203. The van der Waals surface area contributed by atoms with E-state index in [9.17, 15) is 18.0 Å². The molecule has 216 valence electrons. The molecular formula is C30H29ClF3N3O4. The summed E-state index contributed by atoms with van der Waals surface area (Å²) in [5.41, 5.74) is 2.47. The fraction of sp³-hybridized carbons (Fsp3) is 0.333. The summed E-state index contributed by atoms with van der Waals surface area (Å²) >= 11 is 5.83. The van der Waals surface area contributed by atoms with Crippen LogP contribution in [0, 0.1) is 5.82 Å². The monoisotopic (exact) mass is 587 g/mol. The number of alkyl halides is 2. The number of esters is 1. The highest BCUT2D eigenvalue weighted by molar-refractivity contribution is 6.30. The number of halogens is 4. The summed E-state index contributed by atoms with van der Waals surface area (Å²) in [6.45, 7) is -0.826. The number of aromatic nitrogens is 2. The lowest BCUT2D eigenvalue weighted by Gasteiger charge is -2.32. The van der Waals surface area contributed by atoms with E-state index < -0.39 is 18.4 Å². The van der Waals surface area contributed by atoms with Crippen molar-refractivity contribution in [2.24, 2.45) is 7.05 Å². The molecule has 0 amide bonds. The highest BCUT2D eigenvalue weighted by atomic mass is 35.5. The predicted octanol–water partition coefficient (Wildman–Crippen LogP) is 6.71. The Morgan fingerprint density at radius 2 is 1.90 bits per heavy atom. The van der Waals surface area contributed by atoms with Gasteiger partial charge in [0.15, 0.2) is 5.75 Å². The molecular weight excluding hydrogens is 559 g/mol. The van der Waals surface area contributed by atoms with Crippen LogP contribution in [0.4, 0.5) is 13.2 Å². The Morgan fingerprint density at radius 3 is 2.61 bits per heavy atom. The SMILES string of the molecule is COC(=O)c1cc(OC(F)F)c2nc(CN3CCC(c4cccc(OCc5ccc(Cl)cc5F)c4)CC3)n(C)c2c1. The molecule has 0 N–H and O–H groups in total. The van der Waals surface area contributed by atoms with Gasteiger partial charge in [-0.2, -0.15) is 8.78 Å². The van der Waals surface area contributed by atoms with E-state index in [1.54, 1.807) is 29.8 Å². The average Bonchev–Trinajstić information content (AvgIpc) is 3.27. The number of fused-ring (bicyclic) bond motifs is 1. The maximum absolute atomic E-state index is 14.1. The first kappa shape index (κ1) is 28.8. The maximum atomic E-state index is 14.1. The number of rotatable bonds is 9. The number of carbonyl (C=O) groups excluding carboxylic acids is 1. The van der Waals surface area contributed by atoms with Crippen LogP contribution in [0.5, 0.6) is 11.5 Å². The van der Waals surface area contributed by atoms with E-state index in [4.69, 9.17) is 21.1 Å². The van der Waals surface area contributed by atoms with Crippen LogP contribution in [0.2, 0.25) is 5.02 Å². The molecule has 7 nitrogen and oxygen atoms in total. The van der Waals surface area contributed by atoms with Crippen LogP contribution in [0.3, 0.4) is 0 Å². The molecule has 0 bridgehead atoms. The van der Waals surface area contributed by atoms with Crippen LogP contribution in [-0.4, -0.2) is 47.2 Å². The predicted molar refractivity (Wildman–Crippen MR) is 148 cm³/mol. The van der Waals surface area contributed by atoms with Crippen LogP contribution >= 0.6 is 11.6 Å². The zero-order valence-corrected chi connectivity index (χ0v) is 23.3. The van der Waals surface area contributed by atoms with Gasteiger partial charge in [0, 0.05) is 17.6 Å². The highest BCUT2D eigenvalue weighted by Gasteiger charge is 2.24. The minimum Gasteiger partial charge on any atom is -0.489 e. The number of imidazole rings is 1. The van der Waals surface area contributed by atoms with Crippen LogP contribution in [0.1, 0.15) is 46.1 Å². The fourth-order valence-corrected chi connectivity index (χ4v) is 5.31. The number of nitrogens with zero attached hydrogens (tertiary/aromatic N) is 3. The van der Waals surface area contributed by atoms with E-state index in [0.717, 1.165) is 31.5 Å². The van der Waals surface area contributed by atoms with Crippen molar-refractivity contribution >= 4 is 28.6 Å². The first-order valence-electron chi connectivity index (χ1n) is 13.1. The number of hydrogen-bond acceptors (Lipinski definition) is 6. The van der Waals surface area contributed by atoms with Crippen LogP contribution in [0.25, 0.3) is 11.0 Å². The van der Waals surface area contributed by atoms with E-state index in [2.05, 4.69) is 20.7 Å². The largest absolute Gasteiger partial charge is 0.489 e. The Hall–Kier alpha value is -3.76. The number of piperidine rings is 1. The number of methoxy groups -OCH3 is 1. The molecule has 0 saturated carbocycles. The molecule has 0 unspecified atom stereocenters. The molecule has 1 aliphatic rings. The summed E-state index contributed by atoms with van der Waals surface area (Å²) in [5, 5.41) is 0.342. The number of hydrogen-bond donors (Lipinski definition) is 0. The van der Waals surface area contributed by atoms with Gasteiger partial charge in [-0.05, 0) is 73.8 Å². The van der Waals surface area contributed by atoms with E-state index in [1.807, 2.05) is 18.2 Å². The van der Waals surface area contributed by atoms with Gasteiger partial charge in [0.25, 0.3) is 0 Å². The van der Waals surface area contributed by atoms with Crippen LogP contribution < -0.4 is 9.47 Å². The van der Waals surface area contributed by atoms with Crippen molar-refractivity contribution in [1.82, 2.24) is 14.5 Å². The second kappa shape index (κ2) is 12.4. The molecule has 1 fully saturated rings. The third-order valence-electron chi connectivity index (χ3n) is 7.37. The molecule has 1 saturated heterocycles. The smallest absolute Gasteiger partial charge is 0.387 e. The van der Waals surface area contributed by atoms with Crippen LogP contribution in [-0.2, 0) is 24.9 Å². The molecule has 0 atom stereocenters. The molecule has 11 heteroatoms. The molecule has 41 heavy (non-hydrogen) atoms. The number of aryl methyl sites for hydroxylation is 1. The summed E-state index contributed by atoms with van der Waals surface area (Å²) in [6, 6.07) is 15.2. The first-order valence-corrected chi connectivity index (χ1v) is 13.5. The van der Waals surface area contributed by atoms with E-state index in [0.29, 0.717) is 40.1 Å². The van der Waals surface area contributed by atoms with Crippen molar-refractivity contribution in [2.75, 3.05) is 20.2 Å². The maximum Gasteiger partial charge on any atom is 0.387 e. The van der Waals surface area contributed by atoms with Gasteiger partial charge in [0.2, 0.25) is 0 Å². The summed E-state index contributed by atoms with van der Waals surface area (Å²) < 4.78 is 57.4. The Bertz CT molecular complexity index is 1550. The third-order valence-corrected chi connectivity index (χ3v) is 7.61. The lowest BCUT2D eigenvalue weighted by Crippen LogP contribution is -2.33. The zero-order valence-electron chi connectivity index (χ0n) is 22.6. The molecule has 1 aromatic heterocycles. The zero-order chi connectivity index (χ0) is 29.1. The molecule has 0 radical (unpaired) electrons. The highest BCUT2D eigenvalue weighted by Crippen LogP contribution is 2.33. The third kappa shape index (κ3) is 6.60. The second-order valence-corrected chi connectivity index (χ2v) is 10.4. The lowest BCUT2D eigenvalue weighted by atomic mass is 9.89. The fourth-order valence-electron chi connectivity index (χ4n) is 5.15. The standard InChI is InChI=1S/C30H29ClF3N3O4/c1-36-25-13-21(29(38)39-2)14-26(41-30(33)34)28(25)35-27(36)16-37-10-8-18(9-11-37)19-4-3-5-23(12-19)40-17-20-6-7-22(31)15-24(20)32/h3-7,12-15,18,30H,8-11,16-17H2,1-2H3. The van der Waals surface area contributed by atoms with Crippen molar-refractivity contribution in [3.8, 4) is 11.5 Å². The van der Waals surface area contributed by atoms with Crippen molar-refractivity contribution in [1.29, 1.82) is 0 Å². The lowest BCUT2D eigenvalue weighted by molar-refractivity contribution is -0.0489. The summed E-state index contributed by atoms with van der Waals surface area (Å²) in [7, 11) is 3.01. The Balaban J connectivity index is 1.24. The summed E-state index contributed by atoms with van der Waals surface area (Å²) in [6.07, 6.45) is 1.82. The second-order valence-electron chi connectivity index (χ2n) is 9.95. The van der Waals surface area contributed by atoms with E-state index in [-0.39, 0.29) is 23.4 Å². The first-order chi connectivity index (χ1) is 19.7. The number of carbonyl (C=O) groups is 1. The van der Waals surface area contributed by atoms with Gasteiger partial charge in [-0.3, -0.25) is 4.90 Å². The Labute approximate surface area is 240 Å². The summed E-state index contributed by atoms with van der Waals surface area (Å²) in [4.78, 5) is 18.9. The Morgan fingerprint density at radius 1 is 1.12 bits per heavy atom. The molecule has 0 aliphatic carbocycles. The average molecular weight is 588 g/mol. The van der Waals surface area contributed by atoms with Crippen molar-refractivity contribution in [3.05, 3.63) is 88.0 Å². The molecule has 3 aromatic carbocycles. The molecule has 2 heterocycles. The Kier molecular flexibility index (Phi) is 8.70.